The van der Waals surface area contributed by atoms with E-state index in [4.69, 9.17) is 5.26 Å². The van der Waals surface area contributed by atoms with Crippen molar-refractivity contribution >= 4 is 11.6 Å². The lowest BCUT2D eigenvalue weighted by Crippen LogP contribution is -2.49. The lowest BCUT2D eigenvalue weighted by Gasteiger charge is -2.24. The summed E-state index contributed by atoms with van der Waals surface area (Å²) in [7, 11) is 0. The number of nitrogens with zero attached hydrogens (tertiary/aromatic N) is 1. The first-order valence-corrected chi connectivity index (χ1v) is 5.56. The fraction of sp³-hybridized carbons (Fsp3) is 0.385. The van der Waals surface area contributed by atoms with Crippen molar-refractivity contribution in [1.82, 2.24) is 5.32 Å². The Labute approximate surface area is 102 Å². The highest BCUT2D eigenvalue weighted by atomic mass is 16.2. The predicted octanol–water partition coefficient (Wildman–Crippen LogP) is 1.88. The first-order chi connectivity index (χ1) is 7.99. The van der Waals surface area contributed by atoms with Crippen molar-refractivity contribution in [1.29, 1.82) is 5.26 Å². The van der Waals surface area contributed by atoms with Crippen molar-refractivity contribution in [3.63, 3.8) is 0 Å². The first-order valence-electron chi connectivity index (χ1n) is 5.56. The quantitative estimate of drug-likeness (QED) is 0.831. The Bertz CT molecular complexity index is 429. The average Bonchev–Trinajstić information content (AvgIpc) is 2.30. The number of benzene rings is 1. The van der Waals surface area contributed by atoms with Gasteiger partial charge in [0.15, 0.2) is 0 Å². The Balaban J connectivity index is 2.71. The summed E-state index contributed by atoms with van der Waals surface area (Å²) in [4.78, 5) is 11.9. The summed E-state index contributed by atoms with van der Waals surface area (Å²) in [5.74, 6) is -0.0935. The number of anilines is 1. The van der Waals surface area contributed by atoms with Gasteiger partial charge in [0.25, 0.3) is 0 Å². The molecule has 0 aliphatic carbocycles. The Morgan fingerprint density at radius 1 is 1.35 bits per heavy atom. The molecular weight excluding hydrogens is 214 g/mol. The van der Waals surface area contributed by atoms with Gasteiger partial charge >= 0.3 is 0 Å². The molecule has 1 aromatic rings. The highest BCUT2D eigenvalue weighted by Crippen LogP contribution is 2.12. The van der Waals surface area contributed by atoms with Crippen LogP contribution in [0.4, 0.5) is 5.69 Å². The van der Waals surface area contributed by atoms with E-state index in [1.807, 2.05) is 26.8 Å². The molecule has 1 rings (SSSR count). The van der Waals surface area contributed by atoms with Crippen molar-refractivity contribution in [3.05, 3.63) is 29.8 Å². The number of carbonyl (C=O) groups is 1. The van der Waals surface area contributed by atoms with Crippen LogP contribution in [0, 0.1) is 11.3 Å². The van der Waals surface area contributed by atoms with Crippen molar-refractivity contribution < 1.29 is 4.79 Å². The zero-order valence-corrected chi connectivity index (χ0v) is 10.4. The summed E-state index contributed by atoms with van der Waals surface area (Å²) in [6, 6.07) is 8.83. The summed E-state index contributed by atoms with van der Waals surface area (Å²) in [5, 5.41) is 14.6. The zero-order valence-electron chi connectivity index (χ0n) is 10.4. The maximum Gasteiger partial charge on any atom is 0.244 e. The zero-order chi connectivity index (χ0) is 12.9. The highest BCUT2D eigenvalue weighted by molar-refractivity contribution is 5.97. The van der Waals surface area contributed by atoms with Crippen molar-refractivity contribution in [2.75, 3.05) is 11.9 Å². The van der Waals surface area contributed by atoms with Crippen LogP contribution in [-0.4, -0.2) is 18.0 Å². The van der Waals surface area contributed by atoms with E-state index in [-0.39, 0.29) is 5.91 Å². The van der Waals surface area contributed by atoms with E-state index >= 15 is 0 Å². The minimum absolute atomic E-state index is 0.0935. The van der Waals surface area contributed by atoms with Crippen LogP contribution in [0.15, 0.2) is 24.3 Å². The maximum atomic E-state index is 11.9. The standard InChI is InChI=1S/C13H17N3O/c1-4-15-13(2,3)12(17)16-11-7-5-10(9-14)6-8-11/h5-8,15H,4H2,1-3H3,(H,16,17). The van der Waals surface area contributed by atoms with E-state index in [1.165, 1.54) is 0 Å². The third kappa shape index (κ3) is 3.58. The highest BCUT2D eigenvalue weighted by Gasteiger charge is 2.25. The van der Waals surface area contributed by atoms with Gasteiger partial charge in [0.1, 0.15) is 0 Å². The first kappa shape index (κ1) is 13.2. The van der Waals surface area contributed by atoms with E-state index in [0.29, 0.717) is 11.3 Å². The smallest absolute Gasteiger partial charge is 0.244 e. The maximum absolute atomic E-state index is 11.9. The van der Waals surface area contributed by atoms with Crippen LogP contribution in [0.25, 0.3) is 0 Å². The molecule has 0 spiro atoms. The van der Waals surface area contributed by atoms with E-state index < -0.39 is 5.54 Å². The lowest BCUT2D eigenvalue weighted by atomic mass is 10.0. The second-order valence-corrected chi connectivity index (χ2v) is 4.30. The van der Waals surface area contributed by atoms with Gasteiger partial charge in [-0.15, -0.1) is 0 Å². The lowest BCUT2D eigenvalue weighted by molar-refractivity contribution is -0.121. The van der Waals surface area contributed by atoms with Crippen molar-refractivity contribution in [2.24, 2.45) is 0 Å². The van der Waals surface area contributed by atoms with Gasteiger partial charge in [-0.05, 0) is 44.7 Å². The largest absolute Gasteiger partial charge is 0.325 e. The average molecular weight is 231 g/mol. The molecule has 1 aromatic carbocycles. The van der Waals surface area contributed by atoms with E-state index in [2.05, 4.69) is 10.6 Å². The molecule has 2 N–H and O–H groups in total. The summed E-state index contributed by atoms with van der Waals surface area (Å²) in [6.07, 6.45) is 0. The fourth-order valence-electron chi connectivity index (χ4n) is 1.44. The normalized spacial score (nSPS) is 10.7. The van der Waals surface area contributed by atoms with Crippen LogP contribution in [0.2, 0.25) is 0 Å². The monoisotopic (exact) mass is 231 g/mol. The molecule has 0 atom stereocenters. The number of hydrogen-bond acceptors (Lipinski definition) is 3. The topological polar surface area (TPSA) is 64.9 Å². The summed E-state index contributed by atoms with van der Waals surface area (Å²) in [6.45, 7) is 6.34. The minimum atomic E-state index is -0.608. The van der Waals surface area contributed by atoms with E-state index in [0.717, 1.165) is 6.54 Å². The molecule has 0 saturated heterocycles. The Morgan fingerprint density at radius 2 is 1.94 bits per heavy atom. The summed E-state index contributed by atoms with van der Waals surface area (Å²) < 4.78 is 0. The van der Waals surface area contributed by atoms with Gasteiger partial charge in [0, 0.05) is 5.69 Å². The minimum Gasteiger partial charge on any atom is -0.325 e. The third-order valence-electron chi connectivity index (χ3n) is 2.46. The van der Waals surface area contributed by atoms with Gasteiger partial charge in [-0.2, -0.15) is 5.26 Å². The molecule has 0 aliphatic rings. The van der Waals surface area contributed by atoms with Gasteiger partial charge in [-0.1, -0.05) is 6.92 Å². The molecule has 4 nitrogen and oxygen atoms in total. The molecular formula is C13H17N3O. The number of nitriles is 1. The van der Waals surface area contributed by atoms with Crippen LogP contribution in [0.3, 0.4) is 0 Å². The van der Waals surface area contributed by atoms with Crippen LogP contribution >= 0.6 is 0 Å². The molecule has 0 aliphatic heterocycles. The van der Waals surface area contributed by atoms with Crippen LogP contribution in [0.5, 0.6) is 0 Å². The molecule has 0 aromatic heterocycles. The van der Waals surface area contributed by atoms with Crippen LogP contribution < -0.4 is 10.6 Å². The van der Waals surface area contributed by atoms with Gasteiger partial charge in [-0.25, -0.2) is 0 Å². The molecule has 0 heterocycles. The van der Waals surface area contributed by atoms with Crippen molar-refractivity contribution in [3.8, 4) is 6.07 Å². The van der Waals surface area contributed by atoms with Gasteiger partial charge in [-0.3, -0.25) is 4.79 Å². The number of carbonyl (C=O) groups excluding carboxylic acids is 1. The Morgan fingerprint density at radius 3 is 2.41 bits per heavy atom. The van der Waals surface area contributed by atoms with E-state index in [9.17, 15) is 4.79 Å². The number of rotatable bonds is 4. The van der Waals surface area contributed by atoms with E-state index in [1.54, 1.807) is 24.3 Å². The molecule has 4 heteroatoms. The fourth-order valence-corrected chi connectivity index (χ4v) is 1.44. The van der Waals surface area contributed by atoms with Gasteiger partial charge in [0.05, 0.1) is 17.2 Å². The molecule has 0 bridgehead atoms. The van der Waals surface area contributed by atoms with Crippen molar-refractivity contribution in [2.45, 2.75) is 26.3 Å². The predicted molar refractivity (Wildman–Crippen MR) is 67.5 cm³/mol. The molecule has 0 unspecified atom stereocenters. The number of hydrogen-bond donors (Lipinski definition) is 2. The Kier molecular flexibility index (Phi) is 4.24. The number of nitrogens with one attached hydrogen (secondary N) is 2. The molecule has 0 fully saturated rings. The SMILES string of the molecule is CCNC(C)(C)C(=O)Nc1ccc(C#N)cc1. The molecule has 17 heavy (non-hydrogen) atoms. The second-order valence-electron chi connectivity index (χ2n) is 4.30. The summed E-state index contributed by atoms with van der Waals surface area (Å²) in [5.41, 5.74) is 0.664. The van der Waals surface area contributed by atoms with Gasteiger partial charge < -0.3 is 10.6 Å². The molecule has 1 amide bonds. The van der Waals surface area contributed by atoms with Crippen LogP contribution in [-0.2, 0) is 4.79 Å². The molecule has 90 valence electrons. The molecule has 0 saturated carbocycles. The second kappa shape index (κ2) is 5.46. The third-order valence-corrected chi connectivity index (χ3v) is 2.46. The number of amides is 1. The summed E-state index contributed by atoms with van der Waals surface area (Å²) >= 11 is 0. The Hall–Kier alpha value is -1.86. The van der Waals surface area contributed by atoms with Crippen LogP contribution in [0.1, 0.15) is 26.3 Å². The van der Waals surface area contributed by atoms with Gasteiger partial charge in [0.2, 0.25) is 5.91 Å². The number of likely N-dealkylation sites (N-methyl/N-ethyl adjacent to an activating group) is 1. The molecule has 0 radical (unpaired) electrons.